The predicted molar refractivity (Wildman–Crippen MR) is 33.5 cm³/mol. The van der Waals surface area contributed by atoms with Crippen LogP contribution >= 0.6 is 0 Å². The second kappa shape index (κ2) is 2.06. The average Bonchev–Trinajstić information content (AvgIpc) is 2.59. The summed E-state index contributed by atoms with van der Waals surface area (Å²) in [7, 11) is 0. The summed E-state index contributed by atoms with van der Waals surface area (Å²) in [6.45, 7) is 0. The Morgan fingerprint density at radius 3 is 3.30 bits per heavy atom. The lowest BCUT2D eigenvalue weighted by Crippen LogP contribution is -2.10. The molecule has 0 amide bonds. The molecule has 1 aliphatic rings. The van der Waals surface area contributed by atoms with Crippen LogP contribution in [0.15, 0.2) is 18.7 Å². The molecule has 4 nitrogen and oxygen atoms in total. The van der Waals surface area contributed by atoms with Crippen molar-refractivity contribution < 1.29 is 4.74 Å². The van der Waals surface area contributed by atoms with E-state index >= 15 is 0 Å². The van der Waals surface area contributed by atoms with E-state index in [0.29, 0.717) is 0 Å². The molecule has 0 saturated heterocycles. The van der Waals surface area contributed by atoms with Gasteiger partial charge in [-0.2, -0.15) is 5.10 Å². The molecule has 0 saturated carbocycles. The fraction of sp³-hybridized carbons (Fsp3) is 0.167. The van der Waals surface area contributed by atoms with Crippen LogP contribution in [0, 0.1) is 6.20 Å². The maximum atomic E-state index is 5.11. The molecule has 0 fully saturated rings. The smallest absolute Gasteiger partial charge is 0.198 e. The van der Waals surface area contributed by atoms with E-state index in [2.05, 4.69) is 21.7 Å². The van der Waals surface area contributed by atoms with Crippen molar-refractivity contribution in [1.29, 1.82) is 0 Å². The van der Waals surface area contributed by atoms with Crippen LogP contribution in [0.3, 0.4) is 0 Å². The van der Waals surface area contributed by atoms with Gasteiger partial charge < -0.3 is 10.1 Å². The van der Waals surface area contributed by atoms with Gasteiger partial charge in [0, 0.05) is 12.4 Å². The Balaban J connectivity index is 2.14. The highest BCUT2D eigenvalue weighted by Crippen LogP contribution is 2.15. The van der Waals surface area contributed by atoms with Crippen molar-refractivity contribution in [3.63, 3.8) is 0 Å². The summed E-state index contributed by atoms with van der Waals surface area (Å²) in [5.41, 5.74) is 0.880. The maximum absolute atomic E-state index is 5.11. The molecule has 2 N–H and O–H groups in total. The Morgan fingerprint density at radius 2 is 2.70 bits per heavy atom. The molecule has 2 rings (SSSR count). The number of H-pyrrole nitrogens is 1. The van der Waals surface area contributed by atoms with Gasteiger partial charge in [-0.25, -0.2) is 0 Å². The standard InChI is InChI=1S/C6H6N3O/c1-2-10-6(7-1)5-3-8-9-4-5/h1-3,6-7H,(H,8,9). The fourth-order valence-corrected chi connectivity index (χ4v) is 0.812. The molecule has 0 aromatic carbocycles. The third kappa shape index (κ3) is 0.737. The summed E-state index contributed by atoms with van der Waals surface area (Å²) in [5.74, 6) is 0. The number of hydrogen-bond acceptors (Lipinski definition) is 3. The number of nitrogens with one attached hydrogen (secondary N) is 2. The molecule has 0 aliphatic carbocycles. The van der Waals surface area contributed by atoms with Crippen LogP contribution in [0.25, 0.3) is 0 Å². The van der Waals surface area contributed by atoms with Crippen LogP contribution < -0.4 is 5.32 Å². The number of aromatic amines is 1. The molecule has 10 heavy (non-hydrogen) atoms. The molecule has 2 heterocycles. The SMILES string of the molecule is [c]1n[nH]cc1C1NC=CO1. The molecule has 0 bridgehead atoms. The van der Waals surface area contributed by atoms with Gasteiger partial charge in [-0.3, -0.25) is 5.10 Å². The first-order valence-electron chi connectivity index (χ1n) is 2.95. The zero-order valence-corrected chi connectivity index (χ0v) is 5.16. The van der Waals surface area contributed by atoms with Gasteiger partial charge in [0.25, 0.3) is 0 Å². The van der Waals surface area contributed by atoms with E-state index in [1.54, 1.807) is 18.7 Å². The van der Waals surface area contributed by atoms with Gasteiger partial charge in [0.2, 0.25) is 0 Å². The van der Waals surface area contributed by atoms with Crippen LogP contribution in [0.1, 0.15) is 11.8 Å². The van der Waals surface area contributed by atoms with E-state index in [-0.39, 0.29) is 6.23 Å². The Labute approximate surface area is 57.9 Å². The van der Waals surface area contributed by atoms with Crippen LogP contribution in [0.2, 0.25) is 0 Å². The normalized spacial score (nSPS) is 22.2. The van der Waals surface area contributed by atoms with Crippen molar-refractivity contribution in [3.8, 4) is 0 Å². The van der Waals surface area contributed by atoms with Gasteiger partial charge in [-0.05, 0) is 0 Å². The van der Waals surface area contributed by atoms with Gasteiger partial charge >= 0.3 is 0 Å². The molecule has 1 aromatic heterocycles. The monoisotopic (exact) mass is 136 g/mol. The molecule has 51 valence electrons. The highest BCUT2D eigenvalue weighted by molar-refractivity contribution is 5.07. The Hall–Kier alpha value is -1.45. The Bertz CT molecular complexity index is 221. The molecule has 1 aliphatic heterocycles. The summed E-state index contributed by atoms with van der Waals surface area (Å²) in [5, 5.41) is 9.29. The number of nitrogens with zero attached hydrogens (tertiary/aromatic N) is 1. The first-order chi connectivity index (χ1) is 4.97. The number of hydrogen-bond donors (Lipinski definition) is 2. The first kappa shape index (κ1) is 5.34. The lowest BCUT2D eigenvalue weighted by molar-refractivity contribution is 0.154. The van der Waals surface area contributed by atoms with Crippen LogP contribution in [-0.2, 0) is 4.74 Å². The van der Waals surface area contributed by atoms with Crippen molar-refractivity contribution >= 4 is 0 Å². The second-order valence-corrected chi connectivity index (χ2v) is 1.94. The van der Waals surface area contributed by atoms with E-state index < -0.39 is 0 Å². The Kier molecular flexibility index (Phi) is 1.10. The van der Waals surface area contributed by atoms with Crippen molar-refractivity contribution in [1.82, 2.24) is 15.5 Å². The van der Waals surface area contributed by atoms with Crippen molar-refractivity contribution in [2.45, 2.75) is 6.23 Å². The van der Waals surface area contributed by atoms with E-state index in [4.69, 9.17) is 4.74 Å². The summed E-state index contributed by atoms with van der Waals surface area (Å²) in [4.78, 5) is 0. The molecular formula is C6H6N3O. The topological polar surface area (TPSA) is 49.9 Å². The minimum Gasteiger partial charge on any atom is -0.472 e. The molecule has 1 radical (unpaired) electrons. The van der Waals surface area contributed by atoms with Crippen LogP contribution in [-0.4, -0.2) is 10.2 Å². The third-order valence-corrected chi connectivity index (χ3v) is 1.28. The average molecular weight is 136 g/mol. The van der Waals surface area contributed by atoms with Crippen molar-refractivity contribution in [2.24, 2.45) is 0 Å². The highest BCUT2D eigenvalue weighted by atomic mass is 16.5. The number of rotatable bonds is 1. The number of ether oxygens (including phenoxy) is 1. The summed E-state index contributed by atoms with van der Waals surface area (Å²) in [6, 6.07) is 0. The molecule has 1 aromatic rings. The van der Waals surface area contributed by atoms with Crippen LogP contribution in [0.4, 0.5) is 0 Å². The Morgan fingerprint density at radius 1 is 1.70 bits per heavy atom. The molecular weight excluding hydrogens is 130 g/mol. The second-order valence-electron chi connectivity index (χ2n) is 1.94. The zero-order chi connectivity index (χ0) is 6.81. The van der Waals surface area contributed by atoms with E-state index in [1.165, 1.54) is 0 Å². The summed E-state index contributed by atoms with van der Waals surface area (Å²) in [6.07, 6.45) is 7.72. The van der Waals surface area contributed by atoms with Gasteiger partial charge in [0.05, 0.1) is 5.56 Å². The van der Waals surface area contributed by atoms with Gasteiger partial charge in [0.15, 0.2) is 6.23 Å². The van der Waals surface area contributed by atoms with E-state index in [9.17, 15) is 0 Å². The zero-order valence-electron chi connectivity index (χ0n) is 5.16. The fourth-order valence-electron chi connectivity index (χ4n) is 0.812. The first-order valence-corrected chi connectivity index (χ1v) is 2.95. The summed E-state index contributed by atoms with van der Waals surface area (Å²) >= 11 is 0. The van der Waals surface area contributed by atoms with E-state index in [1.807, 2.05) is 0 Å². The molecule has 1 unspecified atom stereocenters. The van der Waals surface area contributed by atoms with E-state index in [0.717, 1.165) is 5.56 Å². The van der Waals surface area contributed by atoms with Gasteiger partial charge in [-0.15, -0.1) is 0 Å². The molecule has 0 spiro atoms. The lowest BCUT2D eigenvalue weighted by atomic mass is 10.3. The maximum Gasteiger partial charge on any atom is 0.198 e. The quantitative estimate of drug-likeness (QED) is 0.583. The largest absolute Gasteiger partial charge is 0.472 e. The predicted octanol–water partition coefficient (Wildman–Crippen LogP) is 0.299. The van der Waals surface area contributed by atoms with Crippen molar-refractivity contribution in [2.75, 3.05) is 0 Å². The lowest BCUT2D eigenvalue weighted by Gasteiger charge is -2.06. The van der Waals surface area contributed by atoms with Crippen LogP contribution in [0.5, 0.6) is 0 Å². The summed E-state index contributed by atoms with van der Waals surface area (Å²) < 4.78 is 5.11. The third-order valence-electron chi connectivity index (χ3n) is 1.28. The van der Waals surface area contributed by atoms with Gasteiger partial charge in [-0.1, -0.05) is 0 Å². The molecule has 1 atom stereocenters. The van der Waals surface area contributed by atoms with Crippen molar-refractivity contribution in [3.05, 3.63) is 30.4 Å². The molecule has 4 heteroatoms. The highest BCUT2D eigenvalue weighted by Gasteiger charge is 2.13. The number of aromatic nitrogens is 2. The minimum atomic E-state index is -0.112. The van der Waals surface area contributed by atoms with Gasteiger partial charge in [0.1, 0.15) is 12.5 Å². The minimum absolute atomic E-state index is 0.112.